The topological polar surface area (TPSA) is 120 Å². The number of fused-ring (bicyclic) bond motifs is 3. The lowest BCUT2D eigenvalue weighted by atomic mass is 9.71. The van der Waals surface area contributed by atoms with Crippen LogP contribution in [-0.2, 0) is 20.9 Å². The predicted molar refractivity (Wildman–Crippen MR) is 217 cm³/mol. The second-order valence-corrected chi connectivity index (χ2v) is 20.2. The second kappa shape index (κ2) is 16.7. The van der Waals surface area contributed by atoms with E-state index >= 15 is 0 Å². The number of carbonyl (C=O) groups is 3. The number of amides is 1. The zero-order chi connectivity index (χ0) is 37.5. The number of carboxylic acids is 2. The molecule has 9 nitrogen and oxygen atoms in total. The van der Waals surface area contributed by atoms with Crippen LogP contribution in [0.4, 0.5) is 0 Å². The summed E-state index contributed by atoms with van der Waals surface area (Å²) in [5, 5.41) is 19.0. The van der Waals surface area contributed by atoms with Crippen molar-refractivity contribution in [3.8, 4) is 0 Å². The number of rotatable bonds is 9. The van der Waals surface area contributed by atoms with E-state index in [0.717, 1.165) is 69.6 Å². The molecule has 5 atom stereocenters. The van der Waals surface area contributed by atoms with Gasteiger partial charge in [-0.1, -0.05) is 86.7 Å². The van der Waals surface area contributed by atoms with E-state index in [1.54, 1.807) is 0 Å². The summed E-state index contributed by atoms with van der Waals surface area (Å²) in [6.07, 6.45) is 31.4. The minimum absolute atomic E-state index is 0.0921. The molecule has 12 heteroatoms. The number of likely N-dealkylation sites (tertiary alicyclic amines) is 1. The van der Waals surface area contributed by atoms with Gasteiger partial charge < -0.3 is 10.2 Å². The summed E-state index contributed by atoms with van der Waals surface area (Å²) in [4.78, 5) is 54.3. The molecule has 5 aliphatic carbocycles. The van der Waals surface area contributed by atoms with Gasteiger partial charge in [-0.15, -0.1) is 11.3 Å². The van der Waals surface area contributed by atoms with Crippen LogP contribution in [0.5, 0.6) is 0 Å². The first-order valence-electron chi connectivity index (χ1n) is 21.1. The van der Waals surface area contributed by atoms with E-state index in [1.807, 2.05) is 5.57 Å². The minimum atomic E-state index is -1.19. The fourth-order valence-corrected chi connectivity index (χ4v) is 14.7. The lowest BCUT2D eigenvalue weighted by molar-refractivity contribution is -0.140. The molecule has 1 aromatic heterocycles. The van der Waals surface area contributed by atoms with Gasteiger partial charge in [-0.3, -0.25) is 33.5 Å². The van der Waals surface area contributed by atoms with Crippen molar-refractivity contribution >= 4 is 68.5 Å². The zero-order valence-corrected chi connectivity index (χ0v) is 34.0. The Morgan fingerprint density at radius 3 is 2.00 bits per heavy atom. The Morgan fingerprint density at radius 2 is 1.35 bits per heavy atom. The van der Waals surface area contributed by atoms with Crippen molar-refractivity contribution in [2.45, 2.75) is 153 Å². The molecule has 2 saturated heterocycles. The number of aromatic nitrogens is 1. The van der Waals surface area contributed by atoms with Gasteiger partial charge in [-0.25, -0.2) is 0 Å². The first kappa shape index (κ1) is 38.6. The second-order valence-electron chi connectivity index (χ2n) is 17.5. The van der Waals surface area contributed by atoms with Crippen molar-refractivity contribution in [2.75, 3.05) is 6.54 Å². The van der Waals surface area contributed by atoms with Crippen molar-refractivity contribution in [3.05, 3.63) is 31.2 Å². The third kappa shape index (κ3) is 7.84. The van der Waals surface area contributed by atoms with Crippen LogP contribution in [0.1, 0.15) is 128 Å². The maximum atomic E-state index is 13.7. The number of thiocarbonyl (C=S) groups is 1. The number of carboxylic acid groups (broad SMARTS) is 2. The molecule has 8 rings (SSSR count). The lowest BCUT2D eigenvalue weighted by Crippen LogP contribution is -2.47. The zero-order valence-electron chi connectivity index (χ0n) is 31.5. The highest BCUT2D eigenvalue weighted by Gasteiger charge is 2.54. The van der Waals surface area contributed by atoms with Gasteiger partial charge in [0, 0.05) is 18.1 Å². The van der Waals surface area contributed by atoms with Gasteiger partial charge in [0.25, 0.3) is 11.5 Å². The third-order valence-corrected chi connectivity index (χ3v) is 17.1. The Labute approximate surface area is 332 Å². The summed E-state index contributed by atoms with van der Waals surface area (Å²) < 4.78 is 1.95. The normalized spacial score (nSPS) is 34.0. The first-order valence-corrected chi connectivity index (χ1v) is 23.1. The van der Waals surface area contributed by atoms with Crippen molar-refractivity contribution in [3.63, 3.8) is 0 Å². The highest BCUT2D eigenvalue weighted by molar-refractivity contribution is 8.30. The summed E-state index contributed by atoms with van der Waals surface area (Å²) in [7, 11) is 0. The Balaban J connectivity index is 0.988. The number of thioether (sulfide) groups is 1. The molecule has 3 heterocycles. The van der Waals surface area contributed by atoms with E-state index in [-0.39, 0.29) is 19.8 Å². The van der Waals surface area contributed by atoms with E-state index in [9.17, 15) is 29.4 Å². The molecule has 7 fully saturated rings. The molecule has 5 unspecified atom stereocenters. The quantitative estimate of drug-likeness (QED) is 0.207. The minimum Gasteiger partial charge on any atom is -0.480 e. The standard InChI is InChI=1S/C42H57N3O6S3/c46-36(47)23-43-39(50)35(53-41(43)38-40(51)44(24-37(48)49)42(52)54-38)22-26-16-19-34-32(21-26)30-12-7-13-33(30)45(34)29-17-14-25(15-18-29)20-31(27-8-3-1-4-9-27)28-10-5-2-6-11-28/h20,22,25-30,32-34H,1-19,21,23-24H2,(H,46,47)(H,48,49)/b35-22+,41-38+. The van der Waals surface area contributed by atoms with Crippen LogP contribution in [-0.4, -0.2) is 71.4 Å². The van der Waals surface area contributed by atoms with Crippen molar-refractivity contribution < 1.29 is 24.6 Å². The van der Waals surface area contributed by atoms with Gasteiger partial charge in [-0.05, 0) is 119 Å². The Bertz CT molecular complexity index is 1810. The van der Waals surface area contributed by atoms with Crippen LogP contribution in [0.25, 0.3) is 11.0 Å². The van der Waals surface area contributed by atoms with Crippen LogP contribution >= 0.6 is 35.3 Å². The van der Waals surface area contributed by atoms with E-state index in [2.05, 4.69) is 17.1 Å². The number of hydrogen-bond donors (Lipinski definition) is 2. The highest BCUT2D eigenvalue weighted by atomic mass is 32.2. The fourth-order valence-electron chi connectivity index (χ4n) is 12.1. The molecule has 2 aliphatic heterocycles. The van der Waals surface area contributed by atoms with Crippen molar-refractivity contribution in [1.82, 2.24) is 14.4 Å². The first-order chi connectivity index (χ1) is 26.2. The Hall–Kier alpha value is -2.28. The monoisotopic (exact) mass is 795 g/mol. The fraction of sp³-hybridized carbons (Fsp3) is 0.738. The molecule has 7 aliphatic rings. The number of nitrogens with zero attached hydrogens (tertiary/aromatic N) is 3. The number of hydrogen-bond acceptors (Lipinski definition) is 8. The summed E-state index contributed by atoms with van der Waals surface area (Å²) in [6.45, 7) is -1.15. The van der Waals surface area contributed by atoms with Crippen LogP contribution in [0.2, 0.25) is 0 Å². The number of allylic oxidation sites excluding steroid dienone is 2. The highest BCUT2D eigenvalue weighted by Crippen LogP contribution is 2.54. The number of thiazole rings is 1. The molecule has 54 heavy (non-hydrogen) atoms. The average molecular weight is 796 g/mol. The molecule has 1 amide bonds. The van der Waals surface area contributed by atoms with Crippen molar-refractivity contribution in [2.24, 2.45) is 35.5 Å². The van der Waals surface area contributed by atoms with Crippen LogP contribution in [0, 0.1) is 35.5 Å². The Morgan fingerprint density at radius 1 is 0.722 bits per heavy atom. The van der Waals surface area contributed by atoms with E-state index in [4.69, 9.17) is 12.2 Å². The van der Waals surface area contributed by atoms with Crippen LogP contribution < -0.4 is 14.8 Å². The Kier molecular flexibility index (Phi) is 11.9. The van der Waals surface area contributed by atoms with Gasteiger partial charge in [0.05, 0.1) is 4.53 Å². The van der Waals surface area contributed by atoms with Gasteiger partial charge in [0.1, 0.15) is 27.0 Å². The molecule has 0 bridgehead atoms. The van der Waals surface area contributed by atoms with Crippen LogP contribution in [0.15, 0.2) is 16.4 Å². The molecule has 1 aromatic rings. The van der Waals surface area contributed by atoms with Crippen molar-refractivity contribution in [1.29, 1.82) is 0 Å². The van der Waals surface area contributed by atoms with Crippen LogP contribution in [0.3, 0.4) is 0 Å². The average Bonchev–Trinajstić information content (AvgIpc) is 3.91. The summed E-state index contributed by atoms with van der Waals surface area (Å²) in [5.74, 6) is 1.000. The molecule has 5 saturated carbocycles. The molecule has 2 N–H and O–H groups in total. The molecule has 0 spiro atoms. The van der Waals surface area contributed by atoms with E-state index < -0.39 is 36.5 Å². The third-order valence-electron chi connectivity index (χ3n) is 14.4. The lowest BCUT2D eigenvalue weighted by Gasteiger charge is -2.43. The van der Waals surface area contributed by atoms with E-state index in [0.29, 0.717) is 34.5 Å². The van der Waals surface area contributed by atoms with Gasteiger partial charge in [0.15, 0.2) is 0 Å². The maximum Gasteiger partial charge on any atom is 0.323 e. The maximum absolute atomic E-state index is 13.7. The smallest absolute Gasteiger partial charge is 0.323 e. The SMILES string of the molecule is O=C(O)CN1C(=O)/C(=c2\s/c(=C/C3CCC4C(C3)C3CCCC3N4C3CCC(C=C(C4CCCCC4)C4CCCCC4)CC3)c(=O)n2CC(=O)O)SC1=S. The summed E-state index contributed by atoms with van der Waals surface area (Å²) in [5.41, 5.74) is 1.48. The predicted octanol–water partition coefficient (Wildman–Crippen LogP) is 6.74. The summed E-state index contributed by atoms with van der Waals surface area (Å²) >= 11 is 7.37. The summed E-state index contributed by atoms with van der Waals surface area (Å²) in [6, 6.07) is 1.96. The molecular weight excluding hydrogens is 739 g/mol. The molecular formula is C42H57N3O6S3. The largest absolute Gasteiger partial charge is 0.480 e. The van der Waals surface area contributed by atoms with Gasteiger partial charge >= 0.3 is 11.9 Å². The van der Waals surface area contributed by atoms with Gasteiger partial charge in [-0.2, -0.15) is 0 Å². The van der Waals surface area contributed by atoms with E-state index in [1.165, 1.54) is 109 Å². The molecule has 0 radical (unpaired) electrons. The van der Waals surface area contributed by atoms with Gasteiger partial charge in [0.2, 0.25) is 0 Å². The number of aliphatic carboxylic acids is 2. The molecule has 0 aromatic carbocycles. The molecule has 294 valence electrons. The number of carbonyl (C=O) groups excluding carboxylic acids is 1.